The summed E-state index contributed by atoms with van der Waals surface area (Å²) >= 11 is 0. The molecule has 0 amide bonds. The first-order valence-corrected chi connectivity index (χ1v) is 7.05. The van der Waals surface area contributed by atoms with Gasteiger partial charge < -0.3 is 4.74 Å². The van der Waals surface area contributed by atoms with Gasteiger partial charge in [-0.2, -0.15) is 13.2 Å². The summed E-state index contributed by atoms with van der Waals surface area (Å²) < 4.78 is 71.0. The van der Waals surface area contributed by atoms with Gasteiger partial charge in [0.05, 0.1) is 11.3 Å². The summed E-state index contributed by atoms with van der Waals surface area (Å²) in [5, 5.41) is 0. The van der Waals surface area contributed by atoms with E-state index in [1.54, 1.807) is 18.2 Å². The van der Waals surface area contributed by atoms with Crippen LogP contribution in [0.15, 0.2) is 48.7 Å². The zero-order valence-electron chi connectivity index (χ0n) is 12.3. The smallest absolute Gasteiger partial charge is 0.416 e. The zero-order valence-corrected chi connectivity index (χ0v) is 12.3. The maximum Gasteiger partial charge on any atom is 0.416 e. The van der Waals surface area contributed by atoms with Crippen molar-refractivity contribution in [3.8, 4) is 5.75 Å². The molecule has 0 spiro atoms. The second-order valence-corrected chi connectivity index (χ2v) is 5.42. The van der Waals surface area contributed by atoms with Gasteiger partial charge in [-0.25, -0.2) is 8.78 Å². The monoisotopic (exact) mass is 341 g/mol. The first-order chi connectivity index (χ1) is 11.4. The van der Waals surface area contributed by atoms with E-state index in [1.807, 2.05) is 0 Å². The number of rotatable bonds is 3. The van der Waals surface area contributed by atoms with Crippen molar-refractivity contribution in [2.45, 2.75) is 11.8 Å². The van der Waals surface area contributed by atoms with Gasteiger partial charge >= 0.3 is 6.18 Å². The van der Waals surface area contributed by atoms with Crippen molar-refractivity contribution in [2.75, 3.05) is 13.3 Å². The standard InChI is InChI=1S/C17H12F5NO/c18-9-16(10-19)8-13(14-3-1-2-6-23-14)12-7-11(17(20,21)22)4-5-15(12)24-16/h1-8H,9-10H2. The van der Waals surface area contributed by atoms with Crippen LogP contribution in [0.5, 0.6) is 5.75 Å². The molecule has 0 atom stereocenters. The van der Waals surface area contributed by atoms with Gasteiger partial charge in [0.25, 0.3) is 0 Å². The Morgan fingerprint density at radius 3 is 2.38 bits per heavy atom. The highest BCUT2D eigenvalue weighted by Crippen LogP contribution is 2.42. The van der Waals surface area contributed by atoms with E-state index >= 15 is 0 Å². The maximum atomic E-state index is 13.4. The van der Waals surface area contributed by atoms with Crippen molar-refractivity contribution in [2.24, 2.45) is 0 Å². The number of ether oxygens (including phenoxy) is 1. The van der Waals surface area contributed by atoms with Crippen LogP contribution in [0.25, 0.3) is 5.57 Å². The van der Waals surface area contributed by atoms with Gasteiger partial charge in [0, 0.05) is 17.3 Å². The van der Waals surface area contributed by atoms with E-state index in [-0.39, 0.29) is 16.9 Å². The molecule has 1 aromatic carbocycles. The van der Waals surface area contributed by atoms with Crippen LogP contribution in [-0.2, 0) is 6.18 Å². The molecular weight excluding hydrogens is 329 g/mol. The summed E-state index contributed by atoms with van der Waals surface area (Å²) in [5.41, 5.74) is -2.12. The predicted molar refractivity (Wildman–Crippen MR) is 78.1 cm³/mol. The fraction of sp³-hybridized carbons (Fsp3) is 0.235. The van der Waals surface area contributed by atoms with Gasteiger partial charge in [-0.15, -0.1) is 0 Å². The normalized spacial score (nSPS) is 16.1. The molecule has 126 valence electrons. The van der Waals surface area contributed by atoms with Gasteiger partial charge in [-0.1, -0.05) is 6.07 Å². The summed E-state index contributed by atoms with van der Waals surface area (Å²) in [6.07, 6.45) is -1.93. The van der Waals surface area contributed by atoms with E-state index in [1.165, 1.54) is 6.20 Å². The Morgan fingerprint density at radius 2 is 1.79 bits per heavy atom. The van der Waals surface area contributed by atoms with Crippen LogP contribution < -0.4 is 4.74 Å². The van der Waals surface area contributed by atoms with Gasteiger partial charge in [0.15, 0.2) is 5.60 Å². The number of halogens is 5. The second kappa shape index (κ2) is 5.89. The minimum atomic E-state index is -4.54. The third-order valence-electron chi connectivity index (χ3n) is 3.71. The van der Waals surface area contributed by atoms with E-state index in [0.29, 0.717) is 5.69 Å². The van der Waals surface area contributed by atoms with Crippen molar-refractivity contribution >= 4 is 5.57 Å². The van der Waals surface area contributed by atoms with E-state index in [4.69, 9.17) is 4.74 Å². The molecule has 24 heavy (non-hydrogen) atoms. The fourth-order valence-electron chi connectivity index (χ4n) is 2.50. The molecule has 0 N–H and O–H groups in total. The highest BCUT2D eigenvalue weighted by Gasteiger charge is 2.39. The van der Waals surface area contributed by atoms with Crippen molar-refractivity contribution in [1.29, 1.82) is 0 Å². The molecule has 0 fully saturated rings. The molecule has 2 nitrogen and oxygen atoms in total. The first kappa shape index (κ1) is 16.4. The lowest BCUT2D eigenvalue weighted by Crippen LogP contribution is -2.41. The second-order valence-electron chi connectivity index (χ2n) is 5.42. The molecule has 0 unspecified atom stereocenters. The average molecular weight is 341 g/mol. The zero-order chi connectivity index (χ0) is 17.4. The molecule has 1 aromatic heterocycles. The number of alkyl halides is 5. The quantitative estimate of drug-likeness (QED) is 0.761. The van der Waals surface area contributed by atoms with Crippen LogP contribution in [0, 0.1) is 0 Å². The summed E-state index contributed by atoms with van der Waals surface area (Å²) in [7, 11) is 0. The largest absolute Gasteiger partial charge is 0.477 e. The molecule has 0 bridgehead atoms. The Hall–Kier alpha value is -2.44. The topological polar surface area (TPSA) is 22.1 Å². The predicted octanol–water partition coefficient (Wildman–Crippen LogP) is 4.60. The Kier molecular flexibility index (Phi) is 4.03. The molecule has 0 saturated carbocycles. The van der Waals surface area contributed by atoms with Gasteiger partial charge in [-0.3, -0.25) is 4.98 Å². The number of hydrogen-bond donors (Lipinski definition) is 0. The minimum absolute atomic E-state index is 0.0125. The van der Waals surface area contributed by atoms with Gasteiger partial charge in [0.1, 0.15) is 19.1 Å². The van der Waals surface area contributed by atoms with Crippen molar-refractivity contribution < 1.29 is 26.7 Å². The van der Waals surface area contributed by atoms with Crippen LogP contribution >= 0.6 is 0 Å². The molecule has 0 saturated heterocycles. The molecule has 1 aliphatic heterocycles. The van der Waals surface area contributed by atoms with Crippen LogP contribution in [0.4, 0.5) is 22.0 Å². The number of fused-ring (bicyclic) bond motifs is 1. The molecule has 2 aromatic rings. The summed E-state index contributed by atoms with van der Waals surface area (Å²) in [6.45, 7) is -2.30. The van der Waals surface area contributed by atoms with Crippen LogP contribution in [-0.4, -0.2) is 23.9 Å². The lowest BCUT2D eigenvalue weighted by Gasteiger charge is -2.33. The molecule has 0 aliphatic carbocycles. The number of pyridine rings is 1. The van der Waals surface area contributed by atoms with Crippen molar-refractivity contribution in [3.63, 3.8) is 0 Å². The molecule has 0 radical (unpaired) electrons. The Morgan fingerprint density at radius 1 is 1.04 bits per heavy atom. The van der Waals surface area contributed by atoms with Crippen LogP contribution in [0.2, 0.25) is 0 Å². The third kappa shape index (κ3) is 2.86. The van der Waals surface area contributed by atoms with Gasteiger partial charge in [-0.05, 0) is 36.4 Å². The Labute approximate surface area is 134 Å². The van der Waals surface area contributed by atoms with E-state index < -0.39 is 30.7 Å². The number of hydrogen-bond acceptors (Lipinski definition) is 2. The molecule has 1 aliphatic rings. The maximum absolute atomic E-state index is 13.4. The third-order valence-corrected chi connectivity index (χ3v) is 3.71. The molecule has 2 heterocycles. The minimum Gasteiger partial charge on any atom is -0.477 e. The fourth-order valence-corrected chi connectivity index (χ4v) is 2.50. The molecule has 7 heteroatoms. The van der Waals surface area contributed by atoms with Crippen molar-refractivity contribution in [1.82, 2.24) is 4.98 Å². The highest BCUT2D eigenvalue weighted by atomic mass is 19.4. The summed E-state index contributed by atoms with van der Waals surface area (Å²) in [4.78, 5) is 4.08. The Bertz CT molecular complexity index is 766. The Balaban J connectivity index is 2.21. The summed E-state index contributed by atoms with van der Waals surface area (Å²) in [5.74, 6) is -0.0125. The van der Waals surface area contributed by atoms with Crippen LogP contribution in [0.3, 0.4) is 0 Å². The average Bonchev–Trinajstić information content (AvgIpc) is 2.60. The SMILES string of the molecule is FCC1(CF)C=C(c2ccccn2)c2cc(C(F)(F)F)ccc2O1. The first-order valence-electron chi connectivity index (χ1n) is 7.05. The van der Waals surface area contributed by atoms with E-state index in [0.717, 1.165) is 24.3 Å². The lowest BCUT2D eigenvalue weighted by molar-refractivity contribution is -0.137. The number of nitrogens with zero attached hydrogens (tertiary/aromatic N) is 1. The molecule has 3 rings (SSSR count). The van der Waals surface area contributed by atoms with Crippen LogP contribution in [0.1, 0.15) is 16.8 Å². The highest BCUT2D eigenvalue weighted by molar-refractivity contribution is 5.83. The number of benzene rings is 1. The van der Waals surface area contributed by atoms with E-state index in [2.05, 4.69) is 4.98 Å². The summed E-state index contributed by atoms with van der Waals surface area (Å²) in [6, 6.07) is 7.63. The van der Waals surface area contributed by atoms with Crippen molar-refractivity contribution in [3.05, 3.63) is 65.5 Å². The van der Waals surface area contributed by atoms with E-state index in [9.17, 15) is 22.0 Å². The number of aromatic nitrogens is 1. The van der Waals surface area contributed by atoms with Gasteiger partial charge in [0.2, 0.25) is 0 Å². The molecular formula is C17H12F5NO. The lowest BCUT2D eigenvalue weighted by atomic mass is 9.90.